The Morgan fingerprint density at radius 1 is 1.38 bits per heavy atom. The first kappa shape index (κ1) is 10.9. The lowest BCUT2D eigenvalue weighted by molar-refractivity contribution is 0.673. The van der Waals surface area contributed by atoms with Crippen LogP contribution in [0.25, 0.3) is 0 Å². The van der Waals surface area contributed by atoms with Crippen molar-refractivity contribution in [2.75, 3.05) is 7.05 Å². The summed E-state index contributed by atoms with van der Waals surface area (Å²) >= 11 is 0. The second kappa shape index (κ2) is 4.49. The minimum Gasteiger partial charge on any atom is -0.340 e. The lowest BCUT2D eigenvalue weighted by atomic mass is 10.0. The molecular formula is C13H17N3. The zero-order chi connectivity index (χ0) is 11.5. The summed E-state index contributed by atoms with van der Waals surface area (Å²) in [7, 11) is 3.95. The van der Waals surface area contributed by atoms with Crippen molar-refractivity contribution in [1.29, 1.82) is 0 Å². The van der Waals surface area contributed by atoms with Gasteiger partial charge in [-0.15, -0.1) is 0 Å². The van der Waals surface area contributed by atoms with Gasteiger partial charge in [-0.2, -0.15) is 0 Å². The van der Waals surface area contributed by atoms with Gasteiger partial charge in [0.1, 0.15) is 0 Å². The average molecular weight is 215 g/mol. The van der Waals surface area contributed by atoms with Crippen molar-refractivity contribution < 1.29 is 0 Å². The molecule has 1 unspecified atom stereocenters. The Hall–Kier alpha value is -1.61. The zero-order valence-electron chi connectivity index (χ0n) is 9.94. The van der Waals surface area contributed by atoms with Gasteiger partial charge in [0.2, 0.25) is 0 Å². The van der Waals surface area contributed by atoms with Crippen LogP contribution in [0.1, 0.15) is 22.9 Å². The van der Waals surface area contributed by atoms with Crippen LogP contribution in [-0.2, 0) is 7.05 Å². The highest BCUT2D eigenvalue weighted by Crippen LogP contribution is 2.20. The van der Waals surface area contributed by atoms with Crippen molar-refractivity contribution in [3.8, 4) is 0 Å². The van der Waals surface area contributed by atoms with E-state index >= 15 is 0 Å². The molecule has 3 nitrogen and oxygen atoms in total. The Bertz CT molecular complexity index is 474. The number of hydrogen-bond donors (Lipinski definition) is 1. The van der Waals surface area contributed by atoms with Crippen LogP contribution in [0.3, 0.4) is 0 Å². The van der Waals surface area contributed by atoms with Crippen LogP contribution >= 0.6 is 0 Å². The molecular weight excluding hydrogens is 198 g/mol. The molecule has 0 amide bonds. The van der Waals surface area contributed by atoms with Gasteiger partial charge in [0.05, 0.1) is 18.1 Å². The van der Waals surface area contributed by atoms with E-state index in [-0.39, 0.29) is 6.04 Å². The van der Waals surface area contributed by atoms with Gasteiger partial charge in [-0.05, 0) is 19.5 Å². The van der Waals surface area contributed by atoms with Crippen LogP contribution in [0.5, 0.6) is 0 Å². The molecule has 84 valence electrons. The number of nitrogens with one attached hydrogen (secondary N) is 1. The zero-order valence-corrected chi connectivity index (χ0v) is 9.94. The predicted molar refractivity (Wildman–Crippen MR) is 65.3 cm³/mol. The molecule has 0 saturated heterocycles. The second-order valence-electron chi connectivity index (χ2n) is 4.10. The molecule has 3 heteroatoms. The first-order chi connectivity index (χ1) is 7.70. The fourth-order valence-corrected chi connectivity index (χ4v) is 1.92. The molecule has 0 bridgehead atoms. The van der Waals surface area contributed by atoms with Crippen molar-refractivity contribution >= 4 is 0 Å². The minimum atomic E-state index is 0.168. The first-order valence-electron chi connectivity index (χ1n) is 5.42. The van der Waals surface area contributed by atoms with Crippen molar-refractivity contribution in [2.24, 2.45) is 7.05 Å². The number of rotatable bonds is 3. The molecule has 0 radical (unpaired) electrons. The van der Waals surface area contributed by atoms with Crippen molar-refractivity contribution in [1.82, 2.24) is 14.9 Å². The third-order valence-corrected chi connectivity index (χ3v) is 2.68. The van der Waals surface area contributed by atoms with E-state index in [1.54, 1.807) is 0 Å². The number of imidazole rings is 1. The van der Waals surface area contributed by atoms with Gasteiger partial charge in [-0.1, -0.05) is 29.8 Å². The van der Waals surface area contributed by atoms with E-state index in [1.807, 2.05) is 31.2 Å². The third-order valence-electron chi connectivity index (χ3n) is 2.68. The number of aromatic nitrogens is 2. The highest BCUT2D eigenvalue weighted by molar-refractivity contribution is 5.30. The van der Waals surface area contributed by atoms with Crippen molar-refractivity contribution in [3.05, 3.63) is 53.6 Å². The largest absolute Gasteiger partial charge is 0.340 e. The number of benzene rings is 1. The molecule has 0 fully saturated rings. The summed E-state index contributed by atoms with van der Waals surface area (Å²) in [5.74, 6) is 0. The molecule has 16 heavy (non-hydrogen) atoms. The summed E-state index contributed by atoms with van der Waals surface area (Å²) in [6.07, 6.45) is 3.87. The van der Waals surface area contributed by atoms with Crippen LogP contribution in [0, 0.1) is 6.92 Å². The van der Waals surface area contributed by atoms with Gasteiger partial charge in [0.15, 0.2) is 0 Å². The second-order valence-corrected chi connectivity index (χ2v) is 4.10. The van der Waals surface area contributed by atoms with Crippen LogP contribution < -0.4 is 5.32 Å². The molecule has 0 saturated carbocycles. The highest BCUT2D eigenvalue weighted by atomic mass is 15.0. The molecule has 1 atom stereocenters. The molecule has 2 aromatic rings. The summed E-state index contributed by atoms with van der Waals surface area (Å²) in [6, 6.07) is 8.67. The average Bonchev–Trinajstić information content (AvgIpc) is 2.66. The molecule has 0 aliphatic rings. The van der Waals surface area contributed by atoms with Gasteiger partial charge in [-0.25, -0.2) is 4.98 Å². The summed E-state index contributed by atoms with van der Waals surface area (Å²) in [5.41, 5.74) is 3.57. The third kappa shape index (κ3) is 2.14. The van der Waals surface area contributed by atoms with Crippen LogP contribution in [-0.4, -0.2) is 16.6 Å². The fourth-order valence-electron chi connectivity index (χ4n) is 1.92. The summed E-state index contributed by atoms with van der Waals surface area (Å²) < 4.78 is 1.97. The van der Waals surface area contributed by atoms with Crippen molar-refractivity contribution in [2.45, 2.75) is 13.0 Å². The maximum atomic E-state index is 4.39. The number of aryl methyl sites for hydroxylation is 2. The lowest BCUT2D eigenvalue weighted by Gasteiger charge is -2.14. The topological polar surface area (TPSA) is 29.9 Å². The SMILES string of the molecule is CNC(c1cccc(C)c1)c1cn(C)cn1. The van der Waals surface area contributed by atoms with E-state index < -0.39 is 0 Å². The molecule has 0 aliphatic carbocycles. The fraction of sp³-hybridized carbons (Fsp3) is 0.308. The smallest absolute Gasteiger partial charge is 0.0947 e. The summed E-state index contributed by atoms with van der Waals surface area (Å²) in [4.78, 5) is 4.39. The van der Waals surface area contributed by atoms with E-state index in [4.69, 9.17) is 0 Å². The Labute approximate surface area is 96.1 Å². The molecule has 1 N–H and O–H groups in total. The molecule has 1 aromatic carbocycles. The van der Waals surface area contributed by atoms with Crippen molar-refractivity contribution in [3.63, 3.8) is 0 Å². The standard InChI is InChI=1S/C13H17N3/c1-10-5-4-6-11(7-10)13(14-2)12-8-16(3)9-15-12/h4-9,13-14H,1-3H3. The van der Waals surface area contributed by atoms with Gasteiger partial charge >= 0.3 is 0 Å². The highest BCUT2D eigenvalue weighted by Gasteiger charge is 2.13. The maximum absolute atomic E-state index is 4.39. The summed E-state index contributed by atoms with van der Waals surface area (Å²) in [5, 5.41) is 3.30. The van der Waals surface area contributed by atoms with E-state index in [0.29, 0.717) is 0 Å². The molecule has 2 rings (SSSR count). The van der Waals surface area contributed by atoms with E-state index in [0.717, 1.165) is 5.69 Å². The van der Waals surface area contributed by atoms with Gasteiger partial charge in [-0.3, -0.25) is 0 Å². The number of hydrogen-bond acceptors (Lipinski definition) is 2. The van der Waals surface area contributed by atoms with Crippen LogP contribution in [0.2, 0.25) is 0 Å². The van der Waals surface area contributed by atoms with Gasteiger partial charge in [0.25, 0.3) is 0 Å². The lowest BCUT2D eigenvalue weighted by Crippen LogP contribution is -2.18. The van der Waals surface area contributed by atoms with Gasteiger partial charge < -0.3 is 9.88 Å². The predicted octanol–water partition coefficient (Wildman–Crippen LogP) is 2.04. The molecule has 1 aromatic heterocycles. The first-order valence-corrected chi connectivity index (χ1v) is 5.42. The summed E-state index contributed by atoms with van der Waals surface area (Å²) in [6.45, 7) is 2.11. The Balaban J connectivity index is 2.36. The molecule has 0 spiro atoms. The monoisotopic (exact) mass is 215 g/mol. The van der Waals surface area contributed by atoms with Gasteiger partial charge in [0, 0.05) is 13.2 Å². The molecule has 0 aliphatic heterocycles. The maximum Gasteiger partial charge on any atom is 0.0947 e. The quantitative estimate of drug-likeness (QED) is 0.849. The Kier molecular flexibility index (Phi) is 3.06. The Morgan fingerprint density at radius 3 is 2.75 bits per heavy atom. The number of nitrogens with zero attached hydrogens (tertiary/aromatic N) is 2. The van der Waals surface area contributed by atoms with E-state index in [9.17, 15) is 0 Å². The van der Waals surface area contributed by atoms with Crippen LogP contribution in [0.15, 0.2) is 36.8 Å². The minimum absolute atomic E-state index is 0.168. The molecule has 1 heterocycles. The van der Waals surface area contributed by atoms with E-state index in [1.165, 1.54) is 11.1 Å². The Morgan fingerprint density at radius 2 is 2.19 bits per heavy atom. The van der Waals surface area contributed by atoms with E-state index in [2.05, 4.69) is 41.5 Å². The normalized spacial score (nSPS) is 12.7. The van der Waals surface area contributed by atoms with Crippen LogP contribution in [0.4, 0.5) is 0 Å².